The Morgan fingerprint density at radius 3 is 2.27 bits per heavy atom. The highest BCUT2D eigenvalue weighted by molar-refractivity contribution is 5.93. The normalized spacial score (nSPS) is 27.8. The van der Waals surface area contributed by atoms with Gasteiger partial charge in [0.25, 0.3) is 0 Å². The number of unbranched alkanes of at least 4 members (excludes halogenated alkanes) is 5. The fourth-order valence-corrected chi connectivity index (χ4v) is 8.53. The quantitative estimate of drug-likeness (QED) is 0.0297. The summed E-state index contributed by atoms with van der Waals surface area (Å²) in [5.74, 6) is -4.73. The molecule has 0 unspecified atom stereocenters. The van der Waals surface area contributed by atoms with E-state index in [1.807, 2.05) is 13.8 Å². The molecule has 2 saturated heterocycles. The van der Waals surface area contributed by atoms with Gasteiger partial charge in [-0.3, -0.25) is 24.2 Å². The molecule has 4 rings (SSSR count). The number of nitrogens with zero attached hydrogens (tertiary/aromatic N) is 2. The molecule has 20 heteroatoms. The molecule has 3 fully saturated rings. The zero-order valence-corrected chi connectivity index (χ0v) is 36.4. The van der Waals surface area contributed by atoms with Crippen LogP contribution in [0.5, 0.6) is 5.75 Å². The van der Waals surface area contributed by atoms with E-state index in [-0.39, 0.29) is 62.7 Å². The highest BCUT2D eigenvalue weighted by Crippen LogP contribution is 2.43. The Bertz CT molecular complexity index is 1700. The molecule has 1 aliphatic carbocycles. The first-order valence-electron chi connectivity index (χ1n) is 22.1. The van der Waals surface area contributed by atoms with Crippen LogP contribution >= 0.6 is 0 Å². The van der Waals surface area contributed by atoms with Crippen LogP contribution in [0.3, 0.4) is 0 Å². The van der Waals surface area contributed by atoms with Gasteiger partial charge in [-0.15, -0.1) is 0 Å². The second-order valence-electron chi connectivity index (χ2n) is 17.3. The molecule has 0 radical (unpaired) electrons. The summed E-state index contributed by atoms with van der Waals surface area (Å²) in [4.78, 5) is 73.2. The van der Waals surface area contributed by atoms with E-state index in [1.165, 1.54) is 17.0 Å². The zero-order valence-electron chi connectivity index (χ0n) is 36.4. The van der Waals surface area contributed by atoms with Gasteiger partial charge in [0, 0.05) is 32.0 Å². The van der Waals surface area contributed by atoms with Crippen LogP contribution in [0, 0.1) is 11.8 Å². The Hall–Kier alpha value is -4.60. The summed E-state index contributed by atoms with van der Waals surface area (Å²) in [7, 11) is 0. The highest BCUT2D eigenvalue weighted by Gasteiger charge is 2.55. The number of aliphatic hydroxyl groups excluding tert-OH is 4. The van der Waals surface area contributed by atoms with Crippen LogP contribution in [-0.2, 0) is 44.6 Å². The lowest BCUT2D eigenvalue weighted by Crippen LogP contribution is -2.62. The number of aliphatic imine (C=N–C) groups is 1. The maximum Gasteiger partial charge on any atom is 0.335 e. The number of aliphatic hydroxyl groups is 4. The molecule has 63 heavy (non-hydrogen) atoms. The van der Waals surface area contributed by atoms with E-state index >= 15 is 0 Å². The van der Waals surface area contributed by atoms with E-state index in [1.54, 1.807) is 12.1 Å². The van der Waals surface area contributed by atoms with Gasteiger partial charge >= 0.3 is 11.9 Å². The minimum Gasteiger partial charge on any atom is -0.508 e. The van der Waals surface area contributed by atoms with Gasteiger partial charge in [-0.05, 0) is 74.5 Å². The summed E-state index contributed by atoms with van der Waals surface area (Å²) in [6.07, 6.45) is -7.81. The summed E-state index contributed by atoms with van der Waals surface area (Å²) in [5, 5.41) is 67.8. The van der Waals surface area contributed by atoms with Crippen LogP contribution < -0.4 is 22.1 Å². The number of phenols is 1. The average Bonchev–Trinajstić information content (AvgIpc) is 3.60. The van der Waals surface area contributed by atoms with E-state index in [0.29, 0.717) is 31.4 Å². The third kappa shape index (κ3) is 14.7. The van der Waals surface area contributed by atoms with Crippen molar-refractivity contribution in [2.75, 3.05) is 13.1 Å². The van der Waals surface area contributed by atoms with Gasteiger partial charge in [0.05, 0.1) is 6.10 Å². The van der Waals surface area contributed by atoms with Crippen LogP contribution in [0.15, 0.2) is 29.3 Å². The number of carbonyl (C=O) groups excluding carboxylic acids is 4. The average molecular weight is 893 g/mol. The molecular formula is C43H68N6O14. The van der Waals surface area contributed by atoms with Crippen molar-refractivity contribution in [1.82, 2.24) is 15.5 Å². The molecule has 3 aliphatic rings. The van der Waals surface area contributed by atoms with E-state index in [2.05, 4.69) is 22.5 Å². The Labute approximate surface area is 367 Å². The van der Waals surface area contributed by atoms with Gasteiger partial charge in [-0.2, -0.15) is 0 Å². The maximum atomic E-state index is 14.9. The summed E-state index contributed by atoms with van der Waals surface area (Å²) in [6.45, 7) is 6.33. The van der Waals surface area contributed by atoms with Gasteiger partial charge in [0.2, 0.25) is 17.7 Å². The number of esters is 1. The summed E-state index contributed by atoms with van der Waals surface area (Å²) in [6, 6.07) is 2.88. The van der Waals surface area contributed by atoms with Gasteiger partial charge in [-0.25, -0.2) is 4.79 Å². The summed E-state index contributed by atoms with van der Waals surface area (Å²) in [5.41, 5.74) is 11.4. The molecule has 12 N–H and O–H groups in total. The second-order valence-corrected chi connectivity index (χ2v) is 17.3. The number of phenolic OH excluding ortho intramolecular Hbond substituents is 1. The van der Waals surface area contributed by atoms with Gasteiger partial charge < -0.3 is 71.9 Å². The summed E-state index contributed by atoms with van der Waals surface area (Å²) >= 11 is 0. The molecule has 354 valence electrons. The molecule has 3 amide bonds. The molecule has 2 aliphatic heterocycles. The Kier molecular flexibility index (Phi) is 19.8. The third-order valence-corrected chi connectivity index (χ3v) is 11.8. The number of carboxylic acids is 1. The zero-order chi connectivity index (χ0) is 46.4. The fourth-order valence-electron chi connectivity index (χ4n) is 8.53. The largest absolute Gasteiger partial charge is 0.508 e. The number of guanidine groups is 1. The van der Waals surface area contributed by atoms with Crippen molar-refractivity contribution in [1.29, 1.82) is 0 Å². The monoisotopic (exact) mass is 892 g/mol. The topological polar surface area (TPSA) is 326 Å². The molecule has 2 heterocycles. The predicted molar refractivity (Wildman–Crippen MR) is 226 cm³/mol. The first kappa shape index (κ1) is 51.0. The number of hydrogen-bond acceptors (Lipinski definition) is 14. The van der Waals surface area contributed by atoms with Gasteiger partial charge in [0.1, 0.15) is 48.4 Å². The SMILES string of the molecule is CCCCCCCC(=O)O[C@@H]1C[C@@H]2C[C@@H](C(=O)NCCCCN=C(N)N)N(C(=O)[C@H](CC(C)C)NC(=O)[C@@H](O)Cc3ccc(O)cc3)[C@H]2C[C@@H]1O[C@H]1O[C@H](C(=O)O)[C@@H](O)[C@H](O)[C@@H]1O. The number of carboxylic acid groups (broad SMARTS) is 1. The van der Waals surface area contributed by atoms with E-state index in [4.69, 9.17) is 25.7 Å². The van der Waals surface area contributed by atoms with Crippen molar-refractivity contribution in [2.45, 2.75) is 171 Å². The molecule has 12 atom stereocenters. The Morgan fingerprint density at radius 1 is 0.921 bits per heavy atom. The Balaban J connectivity index is 1.65. The number of amides is 3. The predicted octanol–water partition coefficient (Wildman–Crippen LogP) is -0.0745. The number of rotatable bonds is 23. The molecule has 0 aromatic heterocycles. The van der Waals surface area contributed by atoms with Gasteiger partial charge in [-0.1, -0.05) is 58.6 Å². The lowest BCUT2D eigenvalue weighted by molar-refractivity contribution is -0.314. The summed E-state index contributed by atoms with van der Waals surface area (Å²) < 4.78 is 17.6. The standard InChI is InChI=1S/C43H68N6O14/c1-4-5-6-7-8-11-33(52)61-31-21-25-20-29(38(56)46-16-9-10-17-47-43(44)45)49(28(25)22-32(31)62-42-36(55)34(53)35(54)37(63-42)41(59)60)40(58)27(18-23(2)3)48-39(57)30(51)19-24-12-14-26(50)15-13-24/h12-15,23,25,27-32,34-37,42,50-51,53-55H,4-11,16-22H2,1-3H3,(H,46,56)(H,48,57)(H,59,60)(H4,44,45,47)/t25-,27-,28-,29-,30-,31+,32-,34-,35-,36-,37-,42-/m0/s1. The van der Waals surface area contributed by atoms with Crippen LogP contribution in [0.25, 0.3) is 0 Å². The lowest BCUT2D eigenvalue weighted by Gasteiger charge is -2.45. The van der Waals surface area contributed by atoms with Crippen molar-refractivity contribution in [3.8, 4) is 5.75 Å². The van der Waals surface area contributed by atoms with E-state index in [0.717, 1.165) is 25.7 Å². The van der Waals surface area contributed by atoms with E-state index in [9.17, 15) is 54.6 Å². The highest BCUT2D eigenvalue weighted by atomic mass is 16.7. The van der Waals surface area contributed by atoms with Crippen molar-refractivity contribution in [3.05, 3.63) is 29.8 Å². The third-order valence-electron chi connectivity index (χ3n) is 11.8. The first-order chi connectivity index (χ1) is 29.9. The van der Waals surface area contributed by atoms with Crippen LogP contribution in [-0.4, -0.2) is 151 Å². The number of nitrogens with one attached hydrogen (secondary N) is 2. The molecule has 1 saturated carbocycles. The molecule has 20 nitrogen and oxygen atoms in total. The molecule has 0 spiro atoms. The number of aromatic hydroxyl groups is 1. The first-order valence-corrected chi connectivity index (χ1v) is 22.1. The van der Waals surface area contributed by atoms with Crippen molar-refractivity contribution in [3.63, 3.8) is 0 Å². The number of benzene rings is 1. The fraction of sp³-hybridized carbons (Fsp3) is 0.721. The number of aliphatic carboxylic acids is 1. The smallest absolute Gasteiger partial charge is 0.335 e. The molecule has 1 aromatic rings. The number of fused-ring (bicyclic) bond motifs is 1. The molecule has 0 bridgehead atoms. The Morgan fingerprint density at radius 2 is 1.62 bits per heavy atom. The van der Waals surface area contributed by atoms with Crippen molar-refractivity contribution >= 4 is 35.6 Å². The van der Waals surface area contributed by atoms with E-state index < -0.39 is 103 Å². The maximum absolute atomic E-state index is 14.9. The van der Waals surface area contributed by atoms with Crippen LogP contribution in [0.4, 0.5) is 0 Å². The number of carbonyl (C=O) groups is 5. The van der Waals surface area contributed by atoms with Crippen LogP contribution in [0.2, 0.25) is 0 Å². The number of ether oxygens (including phenoxy) is 3. The number of hydrogen-bond donors (Lipinski definition) is 10. The number of likely N-dealkylation sites (tertiary alicyclic amines) is 1. The minimum atomic E-state index is -1.99. The van der Waals surface area contributed by atoms with Gasteiger partial charge in [0.15, 0.2) is 18.4 Å². The second kappa shape index (κ2) is 24.5. The lowest BCUT2D eigenvalue weighted by atomic mass is 9.80. The van der Waals surface area contributed by atoms with Crippen molar-refractivity contribution in [2.24, 2.45) is 28.3 Å². The van der Waals surface area contributed by atoms with Crippen molar-refractivity contribution < 1.29 is 68.8 Å². The minimum absolute atomic E-state index is 0.00895. The molecular weight excluding hydrogens is 825 g/mol. The number of nitrogens with two attached hydrogens (primary N) is 2. The van der Waals surface area contributed by atoms with Crippen LogP contribution in [0.1, 0.15) is 103 Å². The molecule has 1 aromatic carbocycles.